The summed E-state index contributed by atoms with van der Waals surface area (Å²) in [4.78, 5) is 7.19. The van der Waals surface area contributed by atoms with E-state index in [9.17, 15) is 17.6 Å². The van der Waals surface area contributed by atoms with Crippen LogP contribution in [-0.4, -0.2) is 28.3 Å². The van der Waals surface area contributed by atoms with Gasteiger partial charge in [-0.2, -0.15) is 18.9 Å². The van der Waals surface area contributed by atoms with Crippen molar-refractivity contribution in [2.24, 2.45) is 5.11 Å². The van der Waals surface area contributed by atoms with Gasteiger partial charge in [-0.1, -0.05) is 0 Å². The van der Waals surface area contributed by atoms with Crippen molar-refractivity contribution in [3.63, 3.8) is 0 Å². The van der Waals surface area contributed by atoms with Crippen LogP contribution in [0.3, 0.4) is 0 Å². The van der Waals surface area contributed by atoms with Gasteiger partial charge in [-0.25, -0.2) is 19.3 Å². The van der Waals surface area contributed by atoms with Gasteiger partial charge in [0.05, 0.1) is 12.8 Å². The van der Waals surface area contributed by atoms with Crippen LogP contribution < -0.4 is 14.8 Å². The molecule has 1 heterocycles. The van der Waals surface area contributed by atoms with E-state index in [1.807, 2.05) is 0 Å². The summed E-state index contributed by atoms with van der Waals surface area (Å²) in [7, 11) is 0. The van der Waals surface area contributed by atoms with E-state index >= 15 is 0 Å². The molecule has 1 aromatic heterocycles. The highest BCUT2D eigenvalue weighted by atomic mass is 19.3. The number of hydrogen-bond donors (Lipinski definition) is 3. The molecule has 0 bridgehead atoms. The van der Waals surface area contributed by atoms with E-state index in [1.54, 1.807) is 0 Å². The van der Waals surface area contributed by atoms with E-state index in [1.165, 1.54) is 12.3 Å². The van der Waals surface area contributed by atoms with Gasteiger partial charge in [0, 0.05) is 18.0 Å². The van der Waals surface area contributed by atoms with Crippen molar-refractivity contribution < 1.29 is 32.1 Å². The minimum atomic E-state index is -3.18. The number of aliphatic hydroxyl groups excluding tert-OH is 1. The molecule has 0 aliphatic heterocycles. The van der Waals surface area contributed by atoms with E-state index < -0.39 is 30.6 Å². The SMILES string of the molecule is N=N/C(=C\Nc1ccc(F)c(OC(F)F)c1)COc1ncc(F)c(CO)n1. The summed E-state index contributed by atoms with van der Waals surface area (Å²) in [5.41, 5.74) is 7.04. The van der Waals surface area contributed by atoms with Gasteiger partial charge in [0.15, 0.2) is 17.4 Å². The van der Waals surface area contributed by atoms with Crippen LogP contribution in [-0.2, 0) is 6.61 Å². The Morgan fingerprint density at radius 3 is 2.78 bits per heavy atom. The van der Waals surface area contributed by atoms with Gasteiger partial charge in [0.1, 0.15) is 18.0 Å². The minimum Gasteiger partial charge on any atom is -0.457 e. The number of halogens is 4. The number of nitrogens with zero attached hydrogens (tertiary/aromatic N) is 3. The monoisotopic (exact) mass is 387 g/mol. The molecule has 12 heteroatoms. The van der Waals surface area contributed by atoms with Crippen LogP contribution in [0, 0.1) is 17.2 Å². The molecule has 0 atom stereocenters. The zero-order valence-corrected chi connectivity index (χ0v) is 13.5. The maximum atomic E-state index is 13.4. The first-order chi connectivity index (χ1) is 12.9. The van der Waals surface area contributed by atoms with Gasteiger partial charge in [-0.3, -0.25) is 0 Å². The number of aromatic nitrogens is 2. The fourth-order valence-corrected chi connectivity index (χ4v) is 1.76. The molecule has 0 saturated heterocycles. The summed E-state index contributed by atoms with van der Waals surface area (Å²) in [5, 5.41) is 14.7. The Kier molecular flexibility index (Phi) is 7.00. The van der Waals surface area contributed by atoms with Gasteiger partial charge in [-0.15, -0.1) is 0 Å². The third kappa shape index (κ3) is 5.88. The lowest BCUT2D eigenvalue weighted by molar-refractivity contribution is -0.0521. The van der Waals surface area contributed by atoms with Crippen molar-refractivity contribution in [3.8, 4) is 11.8 Å². The third-order valence-corrected chi connectivity index (χ3v) is 2.99. The largest absolute Gasteiger partial charge is 0.457 e. The minimum absolute atomic E-state index is 0.0223. The molecule has 2 rings (SSSR count). The quantitative estimate of drug-likeness (QED) is 0.450. The van der Waals surface area contributed by atoms with E-state index in [2.05, 4.69) is 25.1 Å². The van der Waals surface area contributed by atoms with E-state index in [0.717, 1.165) is 18.3 Å². The summed E-state index contributed by atoms with van der Waals surface area (Å²) in [6, 6.07) is 2.93. The molecule has 0 aliphatic carbocycles. The Morgan fingerprint density at radius 1 is 1.33 bits per heavy atom. The molecule has 144 valence electrons. The molecule has 0 saturated carbocycles. The van der Waals surface area contributed by atoms with Gasteiger partial charge >= 0.3 is 12.6 Å². The van der Waals surface area contributed by atoms with Crippen molar-refractivity contribution in [2.45, 2.75) is 13.2 Å². The van der Waals surface area contributed by atoms with E-state index in [0.29, 0.717) is 0 Å². The molecule has 8 nitrogen and oxygen atoms in total. The first kappa shape index (κ1) is 20.0. The second-order valence-corrected chi connectivity index (χ2v) is 4.81. The Hall–Kier alpha value is -3.28. The summed E-state index contributed by atoms with van der Waals surface area (Å²) in [6.45, 7) is -4.13. The molecule has 0 radical (unpaired) electrons. The first-order valence-corrected chi connectivity index (χ1v) is 7.25. The molecule has 0 amide bonds. The van der Waals surface area contributed by atoms with Crippen molar-refractivity contribution in [1.82, 2.24) is 9.97 Å². The molecular weight excluding hydrogens is 374 g/mol. The average Bonchev–Trinajstić information content (AvgIpc) is 2.65. The predicted octanol–water partition coefficient (Wildman–Crippen LogP) is 3.21. The van der Waals surface area contributed by atoms with Crippen molar-refractivity contribution in [1.29, 1.82) is 5.53 Å². The summed E-state index contributed by atoms with van der Waals surface area (Å²) in [5.74, 6) is -2.42. The average molecular weight is 387 g/mol. The Bertz CT molecular complexity index is 835. The molecule has 0 fully saturated rings. The maximum absolute atomic E-state index is 13.4. The predicted molar refractivity (Wildman–Crippen MR) is 83.3 cm³/mol. The maximum Gasteiger partial charge on any atom is 0.387 e. The smallest absolute Gasteiger partial charge is 0.387 e. The Morgan fingerprint density at radius 2 is 2.11 bits per heavy atom. The topological polar surface area (TPSA) is 113 Å². The van der Waals surface area contributed by atoms with Gasteiger partial charge in [0.2, 0.25) is 0 Å². The number of rotatable bonds is 9. The third-order valence-electron chi connectivity index (χ3n) is 2.99. The second-order valence-electron chi connectivity index (χ2n) is 4.81. The molecule has 3 N–H and O–H groups in total. The lowest BCUT2D eigenvalue weighted by Gasteiger charge is -2.09. The zero-order valence-electron chi connectivity index (χ0n) is 13.5. The molecule has 27 heavy (non-hydrogen) atoms. The van der Waals surface area contributed by atoms with Crippen LogP contribution in [0.2, 0.25) is 0 Å². The van der Waals surface area contributed by atoms with Crippen molar-refractivity contribution in [3.05, 3.63) is 53.6 Å². The summed E-state index contributed by atoms with van der Waals surface area (Å²) < 4.78 is 60.1. The van der Waals surface area contributed by atoms with Gasteiger partial charge in [0.25, 0.3) is 0 Å². The van der Waals surface area contributed by atoms with Crippen LogP contribution in [0.5, 0.6) is 11.8 Å². The highest BCUT2D eigenvalue weighted by Gasteiger charge is 2.11. The highest BCUT2D eigenvalue weighted by Crippen LogP contribution is 2.24. The first-order valence-electron chi connectivity index (χ1n) is 7.25. The Labute approximate surface area is 150 Å². The zero-order chi connectivity index (χ0) is 19.8. The summed E-state index contributed by atoms with van der Waals surface area (Å²) >= 11 is 0. The fraction of sp³-hybridized carbons (Fsp3) is 0.200. The van der Waals surface area contributed by atoms with Crippen LogP contribution in [0.25, 0.3) is 0 Å². The van der Waals surface area contributed by atoms with Crippen LogP contribution in [0.15, 0.2) is 41.4 Å². The molecule has 2 aromatic rings. The van der Waals surface area contributed by atoms with Crippen LogP contribution in [0.4, 0.5) is 23.2 Å². The van der Waals surface area contributed by atoms with Crippen molar-refractivity contribution in [2.75, 3.05) is 11.9 Å². The normalized spacial score (nSPS) is 11.4. The molecule has 1 aromatic carbocycles. The lowest BCUT2D eigenvalue weighted by Crippen LogP contribution is -2.07. The van der Waals surface area contributed by atoms with Crippen molar-refractivity contribution >= 4 is 5.69 Å². The lowest BCUT2D eigenvalue weighted by atomic mass is 10.3. The number of anilines is 1. The number of alkyl halides is 2. The number of nitrogens with one attached hydrogen (secondary N) is 2. The number of hydrogen-bond acceptors (Lipinski definition) is 8. The number of benzene rings is 1. The van der Waals surface area contributed by atoms with E-state index in [4.69, 9.17) is 15.4 Å². The molecule has 0 spiro atoms. The number of aliphatic hydroxyl groups is 1. The number of ether oxygens (including phenoxy) is 2. The Balaban J connectivity index is 2.03. The van der Waals surface area contributed by atoms with E-state index in [-0.39, 0.29) is 29.7 Å². The van der Waals surface area contributed by atoms with Crippen LogP contribution in [0.1, 0.15) is 5.69 Å². The molecular formula is C15H13F4N5O3. The second kappa shape index (κ2) is 9.43. The standard InChI is InChI=1S/C15H13F4N5O3/c16-10-2-1-8(3-13(10)27-14(18)19)21-4-9(24-20)7-26-15-22-5-11(17)12(6-25)23-15/h1-5,14,20-21,25H,6-7H2/b9-4-,24-20?. The fourth-order valence-electron chi connectivity index (χ4n) is 1.76. The van der Waals surface area contributed by atoms with Crippen LogP contribution >= 0.6 is 0 Å². The van der Waals surface area contributed by atoms with Gasteiger partial charge < -0.3 is 19.9 Å². The summed E-state index contributed by atoms with van der Waals surface area (Å²) in [6.07, 6.45) is 2.01. The molecule has 0 aliphatic rings. The molecule has 0 unspecified atom stereocenters. The van der Waals surface area contributed by atoms with Gasteiger partial charge in [-0.05, 0) is 12.1 Å². The highest BCUT2D eigenvalue weighted by molar-refractivity contribution is 5.51.